The maximum atomic E-state index is 12.5. The molecule has 1 aromatic heterocycles. The zero-order valence-electron chi connectivity index (χ0n) is 15.1. The first kappa shape index (κ1) is 20.4. The Kier molecular flexibility index (Phi) is 6.91. The van der Waals surface area contributed by atoms with E-state index in [0.717, 1.165) is 0 Å². The number of methoxy groups -OCH3 is 2. The van der Waals surface area contributed by atoms with Crippen LogP contribution in [-0.4, -0.2) is 51.9 Å². The van der Waals surface area contributed by atoms with Gasteiger partial charge in [-0.2, -0.15) is 4.98 Å². The standard InChI is InChI=1S/C16H20N4O6S/c1-11-10-14(25-3)18-15(17-11)19-16(21)20-27(22,23)13-7-5-4-6-12(13)26-9-8-24-2/h4-7,10H,8-9H2,1-3H3,(H2,17,18,19,20,21). The fraction of sp³-hybridized carbons (Fsp3) is 0.312. The number of carbonyl (C=O) groups is 1. The lowest BCUT2D eigenvalue weighted by atomic mass is 10.3. The Morgan fingerprint density at radius 3 is 2.59 bits per heavy atom. The van der Waals surface area contributed by atoms with Gasteiger partial charge < -0.3 is 14.2 Å². The predicted molar refractivity (Wildman–Crippen MR) is 96.5 cm³/mol. The Bertz CT molecular complexity index is 904. The van der Waals surface area contributed by atoms with E-state index in [1.165, 1.54) is 32.4 Å². The Morgan fingerprint density at radius 2 is 1.89 bits per heavy atom. The van der Waals surface area contributed by atoms with E-state index >= 15 is 0 Å². The van der Waals surface area contributed by atoms with Crippen LogP contribution in [0.15, 0.2) is 35.2 Å². The van der Waals surface area contributed by atoms with Gasteiger partial charge >= 0.3 is 6.03 Å². The van der Waals surface area contributed by atoms with Gasteiger partial charge in [0, 0.05) is 18.9 Å². The van der Waals surface area contributed by atoms with Gasteiger partial charge in [0.15, 0.2) is 0 Å². The number of benzene rings is 1. The van der Waals surface area contributed by atoms with E-state index in [1.807, 2.05) is 4.72 Å². The number of nitrogens with one attached hydrogen (secondary N) is 2. The summed E-state index contributed by atoms with van der Waals surface area (Å²) in [6.07, 6.45) is 0. The zero-order valence-corrected chi connectivity index (χ0v) is 15.9. The number of sulfonamides is 1. The second-order valence-electron chi connectivity index (χ2n) is 5.22. The molecule has 146 valence electrons. The highest BCUT2D eigenvalue weighted by molar-refractivity contribution is 7.90. The van der Waals surface area contributed by atoms with Crippen molar-refractivity contribution in [3.8, 4) is 11.6 Å². The van der Waals surface area contributed by atoms with Crippen molar-refractivity contribution in [1.82, 2.24) is 14.7 Å². The molecule has 1 aromatic carbocycles. The van der Waals surface area contributed by atoms with Crippen LogP contribution in [0.4, 0.5) is 10.7 Å². The molecule has 0 spiro atoms. The third-order valence-corrected chi connectivity index (χ3v) is 4.55. The fourth-order valence-corrected chi connectivity index (χ4v) is 3.09. The van der Waals surface area contributed by atoms with Crippen molar-refractivity contribution in [2.24, 2.45) is 0 Å². The quantitative estimate of drug-likeness (QED) is 0.640. The van der Waals surface area contributed by atoms with E-state index in [1.54, 1.807) is 19.1 Å². The van der Waals surface area contributed by atoms with Gasteiger partial charge in [0.05, 0.1) is 13.7 Å². The lowest BCUT2D eigenvalue weighted by molar-refractivity contribution is 0.144. The minimum Gasteiger partial charge on any atom is -0.490 e. The number of hydrogen-bond donors (Lipinski definition) is 2. The van der Waals surface area contributed by atoms with Crippen molar-refractivity contribution < 1.29 is 27.4 Å². The van der Waals surface area contributed by atoms with Crippen molar-refractivity contribution in [2.45, 2.75) is 11.8 Å². The Balaban J connectivity index is 2.14. The molecule has 0 atom stereocenters. The molecule has 27 heavy (non-hydrogen) atoms. The van der Waals surface area contributed by atoms with Gasteiger partial charge in [0.2, 0.25) is 11.8 Å². The summed E-state index contributed by atoms with van der Waals surface area (Å²) in [6, 6.07) is 6.49. The number of aromatic nitrogens is 2. The van der Waals surface area contributed by atoms with E-state index in [4.69, 9.17) is 14.2 Å². The number of urea groups is 1. The van der Waals surface area contributed by atoms with Crippen molar-refractivity contribution in [1.29, 1.82) is 0 Å². The van der Waals surface area contributed by atoms with Gasteiger partial charge in [-0.1, -0.05) is 12.1 Å². The molecule has 0 saturated carbocycles. The van der Waals surface area contributed by atoms with E-state index in [-0.39, 0.29) is 35.7 Å². The molecule has 2 rings (SSSR count). The number of nitrogens with zero attached hydrogens (tertiary/aromatic N) is 2. The van der Waals surface area contributed by atoms with Gasteiger partial charge in [-0.15, -0.1) is 0 Å². The molecule has 0 aliphatic heterocycles. The molecule has 0 fully saturated rings. The van der Waals surface area contributed by atoms with Crippen LogP contribution in [0.1, 0.15) is 5.69 Å². The first-order chi connectivity index (χ1) is 12.9. The minimum atomic E-state index is -4.19. The van der Waals surface area contributed by atoms with Crippen molar-refractivity contribution >= 4 is 22.0 Å². The SMILES string of the molecule is COCCOc1ccccc1S(=O)(=O)NC(=O)Nc1nc(C)cc(OC)n1. The Labute approximate surface area is 156 Å². The molecule has 0 unspecified atom stereocenters. The molecule has 0 radical (unpaired) electrons. The van der Waals surface area contributed by atoms with E-state index < -0.39 is 16.1 Å². The Hall–Kier alpha value is -2.92. The van der Waals surface area contributed by atoms with Gasteiger partial charge in [-0.25, -0.2) is 22.9 Å². The predicted octanol–water partition coefficient (Wildman–Crippen LogP) is 1.33. The summed E-state index contributed by atoms with van der Waals surface area (Å²) in [7, 11) is -1.27. The van der Waals surface area contributed by atoms with Crippen LogP contribution in [0.3, 0.4) is 0 Å². The third-order valence-electron chi connectivity index (χ3n) is 3.18. The number of rotatable bonds is 8. The first-order valence-electron chi connectivity index (χ1n) is 7.80. The highest BCUT2D eigenvalue weighted by atomic mass is 32.2. The van der Waals surface area contributed by atoms with Gasteiger partial charge in [-0.05, 0) is 19.1 Å². The number of amides is 2. The maximum Gasteiger partial charge on any atom is 0.335 e. The number of ether oxygens (including phenoxy) is 3. The average Bonchev–Trinajstić information content (AvgIpc) is 2.61. The van der Waals surface area contributed by atoms with Gasteiger partial charge in [0.25, 0.3) is 10.0 Å². The minimum absolute atomic E-state index is 0.0934. The summed E-state index contributed by atoms with van der Waals surface area (Å²) in [4.78, 5) is 19.8. The molecule has 10 nitrogen and oxygen atoms in total. The van der Waals surface area contributed by atoms with Crippen LogP contribution in [0, 0.1) is 6.92 Å². The molecular formula is C16H20N4O6S. The normalized spacial score (nSPS) is 10.9. The second kappa shape index (κ2) is 9.14. The summed E-state index contributed by atoms with van der Waals surface area (Å²) in [5.74, 6) is 0.241. The zero-order chi connectivity index (χ0) is 19.9. The van der Waals surface area contributed by atoms with Crippen molar-refractivity contribution in [3.63, 3.8) is 0 Å². The summed E-state index contributed by atoms with van der Waals surface area (Å²) in [6.45, 7) is 2.12. The van der Waals surface area contributed by atoms with E-state index in [9.17, 15) is 13.2 Å². The smallest absolute Gasteiger partial charge is 0.335 e. The third kappa shape index (κ3) is 5.79. The van der Waals surface area contributed by atoms with Crippen LogP contribution in [0.25, 0.3) is 0 Å². The molecule has 0 aliphatic carbocycles. The molecule has 0 aliphatic rings. The van der Waals surface area contributed by atoms with Crippen LogP contribution < -0.4 is 19.5 Å². The monoisotopic (exact) mass is 396 g/mol. The van der Waals surface area contributed by atoms with Gasteiger partial charge in [0.1, 0.15) is 17.3 Å². The molecule has 2 aromatic rings. The number of carbonyl (C=O) groups excluding carboxylic acids is 1. The summed E-state index contributed by atoms with van der Waals surface area (Å²) >= 11 is 0. The molecular weight excluding hydrogens is 376 g/mol. The van der Waals surface area contributed by atoms with E-state index in [2.05, 4.69) is 15.3 Å². The molecule has 2 N–H and O–H groups in total. The number of anilines is 1. The number of para-hydroxylation sites is 1. The first-order valence-corrected chi connectivity index (χ1v) is 9.28. The van der Waals surface area contributed by atoms with Gasteiger partial charge in [-0.3, -0.25) is 5.32 Å². The lowest BCUT2D eigenvalue weighted by Gasteiger charge is -2.13. The summed E-state index contributed by atoms with van der Waals surface area (Å²) < 4.78 is 42.2. The topological polar surface area (TPSA) is 129 Å². The number of aryl methyl sites for hydroxylation is 1. The fourth-order valence-electron chi connectivity index (χ4n) is 2.03. The molecule has 1 heterocycles. The maximum absolute atomic E-state index is 12.5. The van der Waals surface area contributed by atoms with Crippen LogP contribution in [-0.2, 0) is 14.8 Å². The van der Waals surface area contributed by atoms with Crippen LogP contribution >= 0.6 is 0 Å². The Morgan fingerprint density at radius 1 is 1.15 bits per heavy atom. The van der Waals surface area contributed by atoms with E-state index in [0.29, 0.717) is 5.69 Å². The highest BCUT2D eigenvalue weighted by Gasteiger charge is 2.22. The molecule has 11 heteroatoms. The second-order valence-corrected chi connectivity index (χ2v) is 6.87. The van der Waals surface area contributed by atoms with Crippen LogP contribution in [0.2, 0.25) is 0 Å². The van der Waals surface area contributed by atoms with Crippen molar-refractivity contribution in [2.75, 3.05) is 32.8 Å². The molecule has 0 saturated heterocycles. The molecule has 0 bridgehead atoms. The largest absolute Gasteiger partial charge is 0.490 e. The average molecular weight is 396 g/mol. The number of hydrogen-bond acceptors (Lipinski definition) is 8. The summed E-state index contributed by atoms with van der Waals surface area (Å²) in [5.41, 5.74) is 0.539. The molecule has 2 amide bonds. The van der Waals surface area contributed by atoms with Crippen molar-refractivity contribution in [3.05, 3.63) is 36.0 Å². The highest BCUT2D eigenvalue weighted by Crippen LogP contribution is 2.23. The van der Waals surface area contributed by atoms with Crippen LogP contribution in [0.5, 0.6) is 11.6 Å². The lowest BCUT2D eigenvalue weighted by Crippen LogP contribution is -2.35. The summed E-state index contributed by atoms with van der Waals surface area (Å²) in [5, 5.41) is 2.26.